The standard InChI is InChI=1S/C17H23ClF3N5OS/c1-3-26(14(16(18)22)12-24-13-5-4-8-23-11-13)15(27)6-9-25(2)28-10-7-17(19,20)21/h4-5,8,11-12,14,22H,3,6-7,9-10H2,1-2H3. The van der Waals surface area contributed by atoms with Crippen LogP contribution < -0.4 is 0 Å². The molecule has 0 saturated heterocycles. The van der Waals surface area contributed by atoms with Gasteiger partial charge < -0.3 is 4.90 Å². The number of hydrogen-bond donors (Lipinski definition) is 1. The van der Waals surface area contributed by atoms with Crippen molar-refractivity contribution in [3.63, 3.8) is 0 Å². The minimum Gasteiger partial charge on any atom is -0.328 e. The van der Waals surface area contributed by atoms with Gasteiger partial charge in [-0.3, -0.25) is 24.5 Å². The molecule has 11 heteroatoms. The van der Waals surface area contributed by atoms with Gasteiger partial charge in [0.05, 0.1) is 18.3 Å². The number of aliphatic imine (C=N–C) groups is 1. The lowest BCUT2D eigenvalue weighted by Gasteiger charge is -2.27. The summed E-state index contributed by atoms with van der Waals surface area (Å²) in [5.41, 5.74) is 0.565. The first kappa shape index (κ1) is 24.4. The Bertz CT molecular complexity index is 660. The number of rotatable bonds is 11. The zero-order chi connectivity index (χ0) is 21.2. The van der Waals surface area contributed by atoms with E-state index in [9.17, 15) is 18.0 Å². The average Bonchev–Trinajstić information content (AvgIpc) is 2.62. The summed E-state index contributed by atoms with van der Waals surface area (Å²) in [6.45, 7) is 2.34. The van der Waals surface area contributed by atoms with Crippen LogP contribution >= 0.6 is 23.5 Å². The van der Waals surface area contributed by atoms with Crippen molar-refractivity contribution >= 4 is 46.5 Å². The van der Waals surface area contributed by atoms with Gasteiger partial charge in [0, 0.05) is 37.7 Å². The third kappa shape index (κ3) is 9.52. The van der Waals surface area contributed by atoms with Crippen LogP contribution in [0.1, 0.15) is 19.8 Å². The maximum absolute atomic E-state index is 12.5. The van der Waals surface area contributed by atoms with Gasteiger partial charge in [-0.05, 0) is 26.1 Å². The van der Waals surface area contributed by atoms with E-state index in [1.54, 1.807) is 36.6 Å². The van der Waals surface area contributed by atoms with Crippen LogP contribution in [0.2, 0.25) is 0 Å². The van der Waals surface area contributed by atoms with Crippen LogP contribution in [0.5, 0.6) is 0 Å². The monoisotopic (exact) mass is 437 g/mol. The van der Waals surface area contributed by atoms with E-state index in [0.29, 0.717) is 12.2 Å². The van der Waals surface area contributed by atoms with E-state index in [2.05, 4.69) is 9.98 Å². The first-order chi connectivity index (χ1) is 13.1. The quantitative estimate of drug-likeness (QED) is 0.417. The Hall–Kier alpha value is -1.65. The molecule has 0 radical (unpaired) electrons. The highest BCUT2D eigenvalue weighted by Crippen LogP contribution is 2.23. The van der Waals surface area contributed by atoms with E-state index >= 15 is 0 Å². The highest BCUT2D eigenvalue weighted by molar-refractivity contribution is 7.96. The van der Waals surface area contributed by atoms with Crippen LogP contribution in [0, 0.1) is 5.41 Å². The Balaban J connectivity index is 2.63. The number of nitrogens with zero attached hydrogens (tertiary/aromatic N) is 4. The van der Waals surface area contributed by atoms with E-state index in [-0.39, 0.29) is 29.8 Å². The number of carbonyl (C=O) groups excluding carboxylic acids is 1. The Morgan fingerprint density at radius 3 is 2.75 bits per heavy atom. The Labute approximate surface area is 171 Å². The summed E-state index contributed by atoms with van der Waals surface area (Å²) < 4.78 is 38.2. The molecule has 156 valence electrons. The summed E-state index contributed by atoms with van der Waals surface area (Å²) in [7, 11) is 1.63. The lowest BCUT2D eigenvalue weighted by molar-refractivity contribution is -0.131. The van der Waals surface area contributed by atoms with Crippen molar-refractivity contribution in [2.45, 2.75) is 32.0 Å². The molecule has 0 aromatic carbocycles. The fourth-order valence-corrected chi connectivity index (χ4v) is 3.21. The van der Waals surface area contributed by atoms with Crippen molar-refractivity contribution < 1.29 is 18.0 Å². The molecule has 0 fully saturated rings. The molecule has 1 atom stereocenters. The van der Waals surface area contributed by atoms with Crippen molar-refractivity contribution in [2.24, 2.45) is 4.99 Å². The first-order valence-corrected chi connectivity index (χ1v) is 9.84. The Morgan fingerprint density at radius 2 is 2.21 bits per heavy atom. The summed E-state index contributed by atoms with van der Waals surface area (Å²) in [5, 5.41) is 7.50. The van der Waals surface area contributed by atoms with Crippen LogP contribution in [-0.4, -0.2) is 69.6 Å². The summed E-state index contributed by atoms with van der Waals surface area (Å²) >= 11 is 6.89. The average molecular weight is 438 g/mol. The highest BCUT2D eigenvalue weighted by Gasteiger charge is 2.27. The van der Waals surface area contributed by atoms with Crippen LogP contribution in [0.25, 0.3) is 0 Å². The van der Waals surface area contributed by atoms with E-state index in [1.165, 1.54) is 17.3 Å². The van der Waals surface area contributed by atoms with E-state index < -0.39 is 18.6 Å². The zero-order valence-electron chi connectivity index (χ0n) is 15.6. The molecule has 1 aromatic rings. The fraction of sp³-hybridized carbons (Fsp3) is 0.529. The molecule has 1 aromatic heterocycles. The number of hydrogen-bond acceptors (Lipinski definition) is 6. The molecule has 1 N–H and O–H groups in total. The molecular formula is C17H23ClF3N5OS. The summed E-state index contributed by atoms with van der Waals surface area (Å²) in [5.74, 6) is -0.364. The van der Waals surface area contributed by atoms with Crippen molar-refractivity contribution in [2.75, 3.05) is 25.9 Å². The molecule has 0 spiro atoms. The third-order valence-corrected chi connectivity index (χ3v) is 4.84. The zero-order valence-corrected chi connectivity index (χ0v) is 17.2. The lowest BCUT2D eigenvalue weighted by atomic mass is 10.2. The topological polar surface area (TPSA) is 72.7 Å². The summed E-state index contributed by atoms with van der Waals surface area (Å²) in [6, 6.07) is 2.62. The van der Waals surface area contributed by atoms with E-state index in [4.69, 9.17) is 17.0 Å². The molecule has 1 amide bonds. The highest BCUT2D eigenvalue weighted by atomic mass is 35.5. The molecule has 0 aliphatic rings. The van der Waals surface area contributed by atoms with Crippen LogP contribution in [-0.2, 0) is 4.79 Å². The molecule has 0 aliphatic heterocycles. The maximum Gasteiger partial charge on any atom is 0.389 e. The first-order valence-electron chi connectivity index (χ1n) is 8.52. The second-order valence-corrected chi connectivity index (χ2v) is 7.46. The second kappa shape index (κ2) is 12.0. The minimum absolute atomic E-state index is 0.0881. The molecule has 1 rings (SSSR count). The molecule has 6 nitrogen and oxygen atoms in total. The van der Waals surface area contributed by atoms with Crippen LogP contribution in [0.3, 0.4) is 0 Å². The predicted molar refractivity (Wildman–Crippen MR) is 108 cm³/mol. The number of halogens is 4. The van der Waals surface area contributed by atoms with Gasteiger partial charge in [0.25, 0.3) is 0 Å². The van der Waals surface area contributed by atoms with Gasteiger partial charge in [-0.15, -0.1) is 0 Å². The van der Waals surface area contributed by atoms with Crippen molar-refractivity contribution in [3.05, 3.63) is 24.5 Å². The second-order valence-electron chi connectivity index (χ2n) is 5.76. The minimum atomic E-state index is -4.19. The fourth-order valence-electron chi connectivity index (χ4n) is 2.18. The van der Waals surface area contributed by atoms with Crippen molar-refractivity contribution in [1.82, 2.24) is 14.2 Å². The third-order valence-electron chi connectivity index (χ3n) is 3.60. The molecular weight excluding hydrogens is 415 g/mol. The van der Waals surface area contributed by atoms with Gasteiger partial charge in [0.2, 0.25) is 5.91 Å². The molecule has 0 bridgehead atoms. The Morgan fingerprint density at radius 1 is 1.50 bits per heavy atom. The molecule has 0 aliphatic carbocycles. The molecule has 28 heavy (non-hydrogen) atoms. The van der Waals surface area contributed by atoms with Gasteiger partial charge in [0.1, 0.15) is 11.2 Å². The van der Waals surface area contributed by atoms with Crippen molar-refractivity contribution in [1.29, 1.82) is 5.41 Å². The number of carbonyl (C=O) groups is 1. The molecule has 0 saturated carbocycles. The summed E-state index contributed by atoms with van der Waals surface area (Å²) in [4.78, 5) is 22.1. The van der Waals surface area contributed by atoms with Gasteiger partial charge in [-0.2, -0.15) is 13.2 Å². The predicted octanol–water partition coefficient (Wildman–Crippen LogP) is 4.14. The number of pyridine rings is 1. The smallest absolute Gasteiger partial charge is 0.328 e. The molecule has 1 heterocycles. The van der Waals surface area contributed by atoms with Gasteiger partial charge in [0.15, 0.2) is 0 Å². The van der Waals surface area contributed by atoms with Gasteiger partial charge in [-0.1, -0.05) is 23.5 Å². The Kier molecular flexibility index (Phi) is 10.5. The largest absolute Gasteiger partial charge is 0.389 e. The van der Waals surface area contributed by atoms with Gasteiger partial charge >= 0.3 is 6.18 Å². The number of aromatic nitrogens is 1. The number of alkyl halides is 3. The van der Waals surface area contributed by atoms with Crippen LogP contribution in [0.4, 0.5) is 18.9 Å². The summed E-state index contributed by atoms with van der Waals surface area (Å²) in [6.07, 6.45) is -0.431. The maximum atomic E-state index is 12.5. The van der Waals surface area contributed by atoms with E-state index in [0.717, 1.165) is 11.9 Å². The van der Waals surface area contributed by atoms with Crippen molar-refractivity contribution in [3.8, 4) is 0 Å². The van der Waals surface area contributed by atoms with E-state index in [1.807, 2.05) is 0 Å². The normalized spacial score (nSPS) is 13.1. The van der Waals surface area contributed by atoms with Crippen LogP contribution in [0.15, 0.2) is 29.5 Å². The molecule has 1 unspecified atom stereocenters. The number of nitrogens with one attached hydrogen (secondary N) is 1. The lowest BCUT2D eigenvalue weighted by Crippen LogP contribution is -2.45. The van der Waals surface area contributed by atoms with Gasteiger partial charge in [-0.25, -0.2) is 0 Å². The number of amides is 1. The SMILES string of the molecule is CCN(C(=O)CCN(C)SCCC(F)(F)F)C(C=Nc1cccnc1)C(=N)Cl.